The smallest absolute Gasteiger partial charge is 0.123 e. The summed E-state index contributed by atoms with van der Waals surface area (Å²) in [6, 6.07) is 8.65. The van der Waals surface area contributed by atoms with Gasteiger partial charge < -0.3 is 4.74 Å². The van der Waals surface area contributed by atoms with E-state index in [4.69, 9.17) is 4.74 Å². The average Bonchev–Trinajstić information content (AvgIpc) is 3.18. The summed E-state index contributed by atoms with van der Waals surface area (Å²) in [5.41, 5.74) is 1.43. The molecule has 0 spiro atoms. The lowest BCUT2D eigenvalue weighted by Gasteiger charge is -2.31. The van der Waals surface area contributed by atoms with Gasteiger partial charge in [-0.05, 0) is 22.4 Å². The van der Waals surface area contributed by atoms with Crippen molar-refractivity contribution in [2.24, 2.45) is 0 Å². The summed E-state index contributed by atoms with van der Waals surface area (Å²) in [4.78, 5) is 6.87. The van der Waals surface area contributed by atoms with Crippen LogP contribution in [-0.4, -0.2) is 29.6 Å². The van der Waals surface area contributed by atoms with Crippen molar-refractivity contribution in [2.45, 2.75) is 12.6 Å². The number of rotatable bonds is 3. The van der Waals surface area contributed by atoms with E-state index >= 15 is 0 Å². The highest BCUT2D eigenvalue weighted by molar-refractivity contribution is 7.17. The lowest BCUT2D eigenvalue weighted by Crippen LogP contribution is -2.37. The van der Waals surface area contributed by atoms with Crippen molar-refractivity contribution in [1.29, 1.82) is 0 Å². The van der Waals surface area contributed by atoms with Crippen LogP contribution in [-0.2, 0) is 11.3 Å². The van der Waals surface area contributed by atoms with Gasteiger partial charge in [-0.1, -0.05) is 18.2 Å². The number of thiophene rings is 1. The second kappa shape index (κ2) is 5.85. The lowest BCUT2D eigenvalue weighted by atomic mass is 10.1. The minimum Gasteiger partial charge on any atom is -0.368 e. The number of thiazole rings is 1. The summed E-state index contributed by atoms with van der Waals surface area (Å²) in [6.07, 6.45) is 1.98. The maximum Gasteiger partial charge on any atom is 0.123 e. The summed E-state index contributed by atoms with van der Waals surface area (Å²) in [5, 5.41) is 6.79. The van der Waals surface area contributed by atoms with E-state index in [0.29, 0.717) is 0 Å². The van der Waals surface area contributed by atoms with Gasteiger partial charge in [-0.3, -0.25) is 4.90 Å². The lowest BCUT2D eigenvalue weighted by molar-refractivity contribution is -0.0328. The van der Waals surface area contributed by atoms with E-state index in [-0.39, 0.29) is 6.10 Å². The van der Waals surface area contributed by atoms with Crippen LogP contribution in [0.3, 0.4) is 0 Å². The molecule has 0 radical (unpaired) electrons. The zero-order valence-electron chi connectivity index (χ0n) is 11.6. The molecule has 1 unspecified atom stereocenters. The predicted molar refractivity (Wildman–Crippen MR) is 87.9 cm³/mol. The Morgan fingerprint density at radius 3 is 3.14 bits per heavy atom. The molecule has 1 atom stereocenters. The predicted octanol–water partition coefficient (Wildman–Crippen LogP) is 3.93. The molecule has 108 valence electrons. The van der Waals surface area contributed by atoms with Gasteiger partial charge in [0, 0.05) is 35.9 Å². The quantitative estimate of drug-likeness (QED) is 0.732. The van der Waals surface area contributed by atoms with E-state index in [1.54, 1.807) is 11.3 Å². The van der Waals surface area contributed by atoms with Crippen molar-refractivity contribution in [3.63, 3.8) is 0 Å². The third-order valence-electron chi connectivity index (χ3n) is 3.83. The molecule has 4 rings (SSSR count). The van der Waals surface area contributed by atoms with Gasteiger partial charge in [-0.15, -0.1) is 22.7 Å². The standard InChI is InChI=1S/C16H16N2OS2/c1-2-4-15-13(3-1)12(11-21-15)9-18-6-7-19-14(10-18)16-17-5-8-20-16/h1-5,8,11,14H,6-7,9-10H2. The molecule has 1 fully saturated rings. The van der Waals surface area contributed by atoms with Crippen molar-refractivity contribution >= 4 is 32.8 Å². The number of aromatic nitrogens is 1. The first kappa shape index (κ1) is 13.4. The molecule has 1 aliphatic heterocycles. The molecule has 3 nitrogen and oxygen atoms in total. The zero-order chi connectivity index (χ0) is 14.1. The summed E-state index contributed by atoms with van der Waals surface area (Å²) < 4.78 is 7.24. The SMILES string of the molecule is c1ccc2c(CN3CCOC(c4nccs4)C3)csc2c1. The topological polar surface area (TPSA) is 25.4 Å². The van der Waals surface area contributed by atoms with Crippen LogP contribution in [0.1, 0.15) is 16.7 Å². The molecule has 0 saturated carbocycles. The highest BCUT2D eigenvalue weighted by atomic mass is 32.1. The van der Waals surface area contributed by atoms with E-state index in [9.17, 15) is 0 Å². The van der Waals surface area contributed by atoms with Crippen molar-refractivity contribution in [3.8, 4) is 0 Å². The Balaban J connectivity index is 1.51. The number of nitrogens with zero attached hydrogens (tertiary/aromatic N) is 2. The first-order valence-corrected chi connectivity index (χ1v) is 8.84. The third-order valence-corrected chi connectivity index (χ3v) is 5.71. The Labute approximate surface area is 131 Å². The normalized spacial score (nSPS) is 20.1. The van der Waals surface area contributed by atoms with Crippen LogP contribution < -0.4 is 0 Å². The molecule has 0 bridgehead atoms. The molecule has 2 aromatic heterocycles. The Morgan fingerprint density at radius 1 is 1.29 bits per heavy atom. The largest absolute Gasteiger partial charge is 0.368 e. The summed E-state index contributed by atoms with van der Waals surface area (Å²) in [5.74, 6) is 0. The first-order chi connectivity index (χ1) is 10.4. The number of benzene rings is 1. The third kappa shape index (κ3) is 2.74. The number of fused-ring (bicyclic) bond motifs is 1. The molecular formula is C16H16N2OS2. The first-order valence-electron chi connectivity index (χ1n) is 7.08. The fourth-order valence-corrected chi connectivity index (χ4v) is 4.42. The Morgan fingerprint density at radius 2 is 2.24 bits per heavy atom. The Bertz CT molecular complexity index is 723. The van der Waals surface area contributed by atoms with E-state index in [1.165, 1.54) is 15.6 Å². The van der Waals surface area contributed by atoms with Gasteiger partial charge in [-0.2, -0.15) is 0 Å². The maximum atomic E-state index is 5.87. The fourth-order valence-electron chi connectivity index (χ4n) is 2.79. The van der Waals surface area contributed by atoms with Crippen LogP contribution in [0.5, 0.6) is 0 Å². The average molecular weight is 316 g/mol. The molecule has 3 heterocycles. The van der Waals surface area contributed by atoms with E-state index < -0.39 is 0 Å². The number of morpholine rings is 1. The Hall–Kier alpha value is -1.27. The van der Waals surface area contributed by atoms with Gasteiger partial charge in [0.25, 0.3) is 0 Å². The summed E-state index contributed by atoms with van der Waals surface area (Å²) >= 11 is 3.51. The second-order valence-corrected chi connectivity index (χ2v) is 7.06. The van der Waals surface area contributed by atoms with Crippen molar-refractivity contribution in [1.82, 2.24) is 9.88 Å². The van der Waals surface area contributed by atoms with E-state index in [2.05, 4.69) is 39.5 Å². The second-order valence-electron chi connectivity index (χ2n) is 5.22. The maximum absolute atomic E-state index is 5.87. The highest BCUT2D eigenvalue weighted by Crippen LogP contribution is 2.29. The molecule has 1 aliphatic rings. The molecule has 1 saturated heterocycles. The summed E-state index contributed by atoms with van der Waals surface area (Å²) in [7, 11) is 0. The van der Waals surface area contributed by atoms with E-state index in [1.807, 2.05) is 22.9 Å². The molecule has 3 aromatic rings. The number of hydrogen-bond acceptors (Lipinski definition) is 5. The Kier molecular flexibility index (Phi) is 3.73. The molecule has 0 aliphatic carbocycles. The monoisotopic (exact) mass is 316 g/mol. The molecule has 0 amide bonds. The van der Waals surface area contributed by atoms with Gasteiger partial charge >= 0.3 is 0 Å². The van der Waals surface area contributed by atoms with Gasteiger partial charge in [0.1, 0.15) is 11.1 Å². The van der Waals surface area contributed by atoms with E-state index in [0.717, 1.165) is 31.2 Å². The van der Waals surface area contributed by atoms with Crippen LogP contribution in [0, 0.1) is 0 Å². The van der Waals surface area contributed by atoms with Gasteiger partial charge in [0.15, 0.2) is 0 Å². The molecule has 5 heteroatoms. The molecule has 0 N–H and O–H groups in total. The fraction of sp³-hybridized carbons (Fsp3) is 0.312. The van der Waals surface area contributed by atoms with Gasteiger partial charge in [0.2, 0.25) is 0 Å². The van der Waals surface area contributed by atoms with Crippen LogP contribution in [0.25, 0.3) is 10.1 Å². The zero-order valence-corrected chi connectivity index (χ0v) is 13.2. The number of ether oxygens (including phenoxy) is 1. The minimum absolute atomic E-state index is 0.128. The summed E-state index contributed by atoms with van der Waals surface area (Å²) in [6.45, 7) is 3.70. The molecule has 21 heavy (non-hydrogen) atoms. The minimum atomic E-state index is 0.128. The van der Waals surface area contributed by atoms with Crippen LogP contribution in [0.2, 0.25) is 0 Å². The van der Waals surface area contributed by atoms with Crippen LogP contribution >= 0.6 is 22.7 Å². The van der Waals surface area contributed by atoms with Gasteiger partial charge in [-0.25, -0.2) is 4.98 Å². The van der Waals surface area contributed by atoms with Crippen LogP contribution in [0.15, 0.2) is 41.2 Å². The number of hydrogen-bond donors (Lipinski definition) is 0. The van der Waals surface area contributed by atoms with Crippen LogP contribution in [0.4, 0.5) is 0 Å². The van der Waals surface area contributed by atoms with Gasteiger partial charge in [0.05, 0.1) is 6.61 Å². The molecule has 1 aromatic carbocycles. The van der Waals surface area contributed by atoms with Crippen molar-refractivity contribution < 1.29 is 4.74 Å². The van der Waals surface area contributed by atoms with Crippen molar-refractivity contribution in [3.05, 3.63) is 51.8 Å². The molecular weight excluding hydrogens is 300 g/mol. The highest BCUT2D eigenvalue weighted by Gasteiger charge is 2.24. The van der Waals surface area contributed by atoms with Crippen molar-refractivity contribution in [2.75, 3.05) is 19.7 Å².